The number of carbonyl (C=O) groups excluding carboxylic acids is 1. The first-order valence-corrected chi connectivity index (χ1v) is 10.6. The van der Waals surface area contributed by atoms with E-state index in [-0.39, 0.29) is 17.0 Å². The van der Waals surface area contributed by atoms with Gasteiger partial charge in [0.1, 0.15) is 10.7 Å². The lowest BCUT2D eigenvalue weighted by molar-refractivity contribution is -0.123. The van der Waals surface area contributed by atoms with Gasteiger partial charge in [0.2, 0.25) is 0 Å². The van der Waals surface area contributed by atoms with Crippen molar-refractivity contribution in [2.45, 2.75) is 25.8 Å². The van der Waals surface area contributed by atoms with Crippen LogP contribution in [0, 0.1) is 11.3 Å². The average molecular weight is 432 g/mol. The molecule has 29 heavy (non-hydrogen) atoms. The lowest BCUT2D eigenvalue weighted by Crippen LogP contribution is -2.36. The van der Waals surface area contributed by atoms with Gasteiger partial charge in [0.25, 0.3) is 11.5 Å². The van der Waals surface area contributed by atoms with Gasteiger partial charge in [-0.2, -0.15) is 5.26 Å². The normalized spacial score (nSPS) is 15.5. The van der Waals surface area contributed by atoms with E-state index in [2.05, 4.69) is 6.07 Å². The second kappa shape index (κ2) is 9.88. The zero-order chi connectivity index (χ0) is 20.8. The monoisotopic (exact) mass is 431 g/mol. The number of amides is 1. The molecule has 1 aromatic heterocycles. The summed E-state index contributed by atoms with van der Waals surface area (Å²) in [5, 5.41) is 10.3. The topological polar surface area (TPSA) is 75.3 Å². The van der Waals surface area contributed by atoms with Crippen LogP contribution in [0.15, 0.2) is 29.1 Å². The Hall–Kier alpha value is -2.40. The summed E-state index contributed by atoms with van der Waals surface area (Å²) in [4.78, 5) is 27.6. The molecule has 6 nitrogen and oxygen atoms in total. The number of ether oxygens (including phenoxy) is 1. The Morgan fingerprint density at radius 1 is 1.31 bits per heavy atom. The van der Waals surface area contributed by atoms with Gasteiger partial charge in [-0.3, -0.25) is 14.2 Å². The fourth-order valence-electron chi connectivity index (χ4n) is 3.25. The van der Waals surface area contributed by atoms with E-state index >= 15 is 0 Å². The highest BCUT2D eigenvalue weighted by Gasteiger charge is 2.24. The van der Waals surface area contributed by atoms with Crippen LogP contribution in [-0.4, -0.2) is 42.2 Å². The smallest absolute Gasteiger partial charge is 0.269 e. The summed E-state index contributed by atoms with van der Waals surface area (Å²) >= 11 is 7.11. The summed E-state index contributed by atoms with van der Waals surface area (Å²) in [6, 6.07) is 9.20. The van der Waals surface area contributed by atoms with Gasteiger partial charge in [0, 0.05) is 38.4 Å². The molecule has 1 fully saturated rings. The minimum absolute atomic E-state index is 0.0298. The van der Waals surface area contributed by atoms with Crippen molar-refractivity contribution in [1.29, 1.82) is 5.26 Å². The van der Waals surface area contributed by atoms with Crippen LogP contribution < -0.4 is 14.8 Å². The number of thiazole rings is 1. The maximum absolute atomic E-state index is 13.0. The van der Waals surface area contributed by atoms with E-state index in [1.165, 1.54) is 15.9 Å². The maximum Gasteiger partial charge on any atom is 0.269 e. The molecular weight excluding hydrogens is 410 g/mol. The number of nitrogens with zero attached hydrogens (tertiary/aromatic N) is 3. The van der Waals surface area contributed by atoms with Crippen molar-refractivity contribution in [2.75, 3.05) is 26.8 Å². The lowest BCUT2D eigenvalue weighted by atomic mass is 10.2. The third-order valence-electron chi connectivity index (χ3n) is 4.74. The average Bonchev–Trinajstić information content (AvgIpc) is 3.35. The van der Waals surface area contributed by atoms with E-state index in [4.69, 9.17) is 16.3 Å². The van der Waals surface area contributed by atoms with Crippen LogP contribution in [0.4, 0.5) is 0 Å². The van der Waals surface area contributed by atoms with Crippen molar-refractivity contribution in [3.63, 3.8) is 0 Å². The summed E-state index contributed by atoms with van der Waals surface area (Å²) in [5.74, 6) is -0.301. The number of likely N-dealkylation sites (tertiary alicyclic amines) is 1. The predicted octanol–water partition coefficient (Wildman–Crippen LogP) is 1.73. The van der Waals surface area contributed by atoms with Crippen LogP contribution in [0.2, 0.25) is 5.02 Å². The number of rotatable bonds is 6. The first-order valence-electron chi connectivity index (χ1n) is 9.44. The number of hydrogen-bond donors (Lipinski definition) is 0. The van der Waals surface area contributed by atoms with Crippen molar-refractivity contribution >= 4 is 40.5 Å². The second-order valence-corrected chi connectivity index (χ2v) is 8.22. The molecule has 152 valence electrons. The zero-order valence-corrected chi connectivity index (χ0v) is 17.8. The molecule has 2 aromatic rings. The SMILES string of the molecule is COCCCn1c(=C(C#N)C(=O)N2CCCC2)sc(=Cc2ccc(Cl)cc2)c1=O. The number of halogens is 1. The van der Waals surface area contributed by atoms with Crippen molar-refractivity contribution < 1.29 is 9.53 Å². The second-order valence-electron chi connectivity index (χ2n) is 6.76. The molecule has 0 unspecified atom stereocenters. The van der Waals surface area contributed by atoms with Crippen LogP contribution in [0.3, 0.4) is 0 Å². The van der Waals surface area contributed by atoms with Crippen molar-refractivity contribution in [1.82, 2.24) is 9.47 Å². The summed E-state index contributed by atoms with van der Waals surface area (Å²) < 4.78 is 7.50. The lowest BCUT2D eigenvalue weighted by Gasteiger charge is -2.14. The Kier molecular flexibility index (Phi) is 7.26. The summed E-state index contributed by atoms with van der Waals surface area (Å²) in [7, 11) is 1.60. The number of methoxy groups -OCH3 is 1. The number of benzene rings is 1. The Morgan fingerprint density at radius 3 is 2.62 bits per heavy atom. The van der Waals surface area contributed by atoms with Gasteiger partial charge < -0.3 is 9.64 Å². The Morgan fingerprint density at radius 2 is 2.00 bits per heavy atom. The highest BCUT2D eigenvalue weighted by atomic mass is 35.5. The van der Waals surface area contributed by atoms with Gasteiger partial charge in [-0.15, -0.1) is 11.3 Å². The van der Waals surface area contributed by atoms with E-state index < -0.39 is 0 Å². The molecule has 0 N–H and O–H groups in total. The van der Waals surface area contributed by atoms with E-state index in [1.54, 1.807) is 30.2 Å². The first kappa shape index (κ1) is 21.3. The number of aromatic nitrogens is 1. The minimum atomic E-state index is -0.301. The van der Waals surface area contributed by atoms with E-state index in [9.17, 15) is 14.9 Å². The summed E-state index contributed by atoms with van der Waals surface area (Å²) in [5.41, 5.74) is 0.646. The molecule has 1 saturated heterocycles. The Labute approximate surface area is 177 Å². The summed E-state index contributed by atoms with van der Waals surface area (Å²) in [6.45, 7) is 2.16. The molecule has 0 spiro atoms. The van der Waals surface area contributed by atoms with Gasteiger partial charge >= 0.3 is 0 Å². The maximum atomic E-state index is 13.0. The minimum Gasteiger partial charge on any atom is -0.385 e. The van der Waals surface area contributed by atoms with Gasteiger partial charge in [0.15, 0.2) is 5.57 Å². The van der Waals surface area contributed by atoms with Crippen molar-refractivity contribution in [3.8, 4) is 6.07 Å². The zero-order valence-electron chi connectivity index (χ0n) is 16.2. The molecule has 0 atom stereocenters. The third-order valence-corrected chi connectivity index (χ3v) is 6.12. The summed E-state index contributed by atoms with van der Waals surface area (Å²) in [6.07, 6.45) is 4.24. The van der Waals surface area contributed by atoms with Gasteiger partial charge in [-0.25, -0.2) is 0 Å². The first-order chi connectivity index (χ1) is 14.0. The Balaban J connectivity index is 2.15. The standard InChI is InChI=1S/C21H22ClN3O3S/c1-28-12-4-11-25-20(27)18(13-15-5-7-16(22)8-6-15)29-21(25)17(14-23)19(26)24-9-2-3-10-24/h5-8,13H,2-4,9-12H2,1H3. The van der Waals surface area contributed by atoms with Gasteiger partial charge in [0.05, 0.1) is 4.53 Å². The van der Waals surface area contributed by atoms with Gasteiger partial charge in [-0.05, 0) is 43.0 Å². The van der Waals surface area contributed by atoms with Crippen LogP contribution >= 0.6 is 22.9 Å². The van der Waals surface area contributed by atoms with Crippen LogP contribution in [-0.2, 0) is 16.1 Å². The number of hydrogen-bond acceptors (Lipinski definition) is 5. The molecule has 1 amide bonds. The van der Waals surface area contributed by atoms with Crippen LogP contribution in [0.1, 0.15) is 24.8 Å². The molecule has 3 rings (SSSR count). The quantitative estimate of drug-likeness (QED) is 0.653. The molecule has 0 bridgehead atoms. The van der Waals surface area contributed by atoms with Crippen LogP contribution in [0.25, 0.3) is 11.6 Å². The van der Waals surface area contributed by atoms with E-state index in [0.717, 1.165) is 18.4 Å². The molecule has 0 saturated carbocycles. The molecule has 1 aliphatic rings. The van der Waals surface area contributed by atoms with Crippen molar-refractivity contribution in [3.05, 3.63) is 54.4 Å². The predicted molar refractivity (Wildman–Crippen MR) is 114 cm³/mol. The molecule has 1 aliphatic heterocycles. The third kappa shape index (κ3) is 4.96. The van der Waals surface area contributed by atoms with E-state index in [0.29, 0.717) is 46.9 Å². The highest BCUT2D eigenvalue weighted by molar-refractivity contribution is 7.07. The number of nitriles is 1. The molecule has 0 aliphatic carbocycles. The van der Waals surface area contributed by atoms with Gasteiger partial charge in [-0.1, -0.05) is 23.7 Å². The fraction of sp³-hybridized carbons (Fsp3) is 0.381. The molecule has 8 heteroatoms. The molecule has 2 heterocycles. The van der Waals surface area contributed by atoms with Crippen molar-refractivity contribution in [2.24, 2.45) is 0 Å². The van der Waals surface area contributed by atoms with E-state index in [1.807, 2.05) is 12.1 Å². The Bertz CT molecular complexity index is 1090. The molecule has 1 aromatic carbocycles. The molecule has 0 radical (unpaired) electrons. The fourth-order valence-corrected chi connectivity index (χ4v) is 4.50. The number of carbonyl (C=O) groups is 1. The van der Waals surface area contributed by atoms with Crippen LogP contribution in [0.5, 0.6) is 0 Å². The molecular formula is C21H22ClN3O3S. The largest absolute Gasteiger partial charge is 0.385 e. The highest BCUT2D eigenvalue weighted by Crippen LogP contribution is 2.12.